The van der Waals surface area contributed by atoms with Gasteiger partial charge in [-0.2, -0.15) is 11.8 Å². The van der Waals surface area contributed by atoms with Crippen LogP contribution in [0.15, 0.2) is 24.3 Å². The van der Waals surface area contributed by atoms with Gasteiger partial charge >= 0.3 is 12.0 Å². The maximum atomic E-state index is 11.4. The SMILES string of the molecule is CSCCCNC(=O)NCc1ccc(C(=O)O)cc1. The average molecular weight is 282 g/mol. The van der Waals surface area contributed by atoms with Crippen molar-refractivity contribution in [2.24, 2.45) is 0 Å². The molecule has 2 amide bonds. The Balaban J connectivity index is 2.28. The van der Waals surface area contributed by atoms with Gasteiger partial charge in [0.05, 0.1) is 5.56 Å². The summed E-state index contributed by atoms with van der Waals surface area (Å²) < 4.78 is 0. The van der Waals surface area contributed by atoms with E-state index in [0.29, 0.717) is 13.1 Å². The summed E-state index contributed by atoms with van der Waals surface area (Å²) in [5.74, 6) is 0.0720. The molecule has 1 rings (SSSR count). The lowest BCUT2D eigenvalue weighted by Crippen LogP contribution is -2.35. The van der Waals surface area contributed by atoms with Crippen molar-refractivity contribution >= 4 is 23.8 Å². The fourth-order valence-corrected chi connectivity index (χ4v) is 1.86. The Morgan fingerprint density at radius 2 is 1.89 bits per heavy atom. The van der Waals surface area contributed by atoms with Gasteiger partial charge in [0, 0.05) is 13.1 Å². The fourth-order valence-electron chi connectivity index (χ4n) is 1.43. The Morgan fingerprint density at radius 1 is 1.21 bits per heavy atom. The molecule has 0 aliphatic rings. The number of carboxylic acids is 1. The average Bonchev–Trinajstić information content (AvgIpc) is 2.42. The zero-order valence-electron chi connectivity index (χ0n) is 10.8. The number of thioether (sulfide) groups is 1. The number of amides is 2. The standard InChI is InChI=1S/C13H18N2O3S/c1-19-8-2-7-14-13(18)15-9-10-3-5-11(6-4-10)12(16)17/h3-6H,2,7-9H2,1H3,(H,16,17)(H2,14,15,18). The van der Waals surface area contributed by atoms with Crippen LogP contribution in [0.4, 0.5) is 4.79 Å². The molecule has 0 unspecified atom stereocenters. The second-order valence-corrected chi connectivity index (χ2v) is 4.94. The molecule has 104 valence electrons. The molecule has 0 heterocycles. The lowest BCUT2D eigenvalue weighted by molar-refractivity contribution is 0.0697. The Bertz CT molecular complexity index is 420. The van der Waals surface area contributed by atoms with E-state index >= 15 is 0 Å². The van der Waals surface area contributed by atoms with Crippen molar-refractivity contribution in [1.82, 2.24) is 10.6 Å². The monoisotopic (exact) mass is 282 g/mol. The summed E-state index contributed by atoms with van der Waals surface area (Å²) in [6.45, 7) is 1.04. The van der Waals surface area contributed by atoms with E-state index in [1.807, 2.05) is 6.26 Å². The van der Waals surface area contributed by atoms with Crippen LogP contribution >= 0.6 is 11.8 Å². The molecule has 0 saturated heterocycles. The molecule has 0 bridgehead atoms. The highest BCUT2D eigenvalue weighted by atomic mass is 32.2. The molecule has 1 aromatic carbocycles. The van der Waals surface area contributed by atoms with Gasteiger partial charge in [-0.3, -0.25) is 0 Å². The summed E-state index contributed by atoms with van der Waals surface area (Å²) in [5, 5.41) is 14.2. The van der Waals surface area contributed by atoms with Gasteiger partial charge in [0.25, 0.3) is 0 Å². The van der Waals surface area contributed by atoms with Crippen molar-refractivity contribution in [3.8, 4) is 0 Å². The number of aromatic carboxylic acids is 1. The third kappa shape index (κ3) is 6.15. The largest absolute Gasteiger partial charge is 0.478 e. The minimum Gasteiger partial charge on any atom is -0.478 e. The first-order valence-electron chi connectivity index (χ1n) is 5.96. The molecule has 0 aromatic heterocycles. The minimum atomic E-state index is -0.953. The minimum absolute atomic E-state index is 0.205. The second kappa shape index (κ2) is 8.42. The van der Waals surface area contributed by atoms with Gasteiger partial charge in [-0.25, -0.2) is 9.59 Å². The molecule has 3 N–H and O–H groups in total. The predicted molar refractivity (Wildman–Crippen MR) is 76.6 cm³/mol. The third-order valence-corrected chi connectivity index (χ3v) is 3.16. The second-order valence-electron chi connectivity index (χ2n) is 3.96. The van der Waals surface area contributed by atoms with E-state index in [-0.39, 0.29) is 11.6 Å². The van der Waals surface area contributed by atoms with Crippen LogP contribution in [0, 0.1) is 0 Å². The number of carbonyl (C=O) groups is 2. The number of hydrogen-bond donors (Lipinski definition) is 3. The first-order chi connectivity index (χ1) is 9.13. The van der Waals surface area contributed by atoms with E-state index in [1.54, 1.807) is 23.9 Å². The third-order valence-electron chi connectivity index (χ3n) is 2.46. The van der Waals surface area contributed by atoms with Crippen molar-refractivity contribution < 1.29 is 14.7 Å². The van der Waals surface area contributed by atoms with Crippen molar-refractivity contribution in [1.29, 1.82) is 0 Å². The number of nitrogens with one attached hydrogen (secondary N) is 2. The smallest absolute Gasteiger partial charge is 0.335 e. The van der Waals surface area contributed by atoms with Crippen molar-refractivity contribution in [3.05, 3.63) is 35.4 Å². The van der Waals surface area contributed by atoms with E-state index in [2.05, 4.69) is 10.6 Å². The van der Waals surface area contributed by atoms with Gasteiger partial charge in [-0.15, -0.1) is 0 Å². The van der Waals surface area contributed by atoms with Crippen LogP contribution in [0.2, 0.25) is 0 Å². The van der Waals surface area contributed by atoms with Gasteiger partial charge in [-0.1, -0.05) is 12.1 Å². The fraction of sp³-hybridized carbons (Fsp3) is 0.385. The zero-order chi connectivity index (χ0) is 14.1. The van der Waals surface area contributed by atoms with Gasteiger partial charge in [0.1, 0.15) is 0 Å². The lowest BCUT2D eigenvalue weighted by Gasteiger charge is -2.07. The summed E-state index contributed by atoms with van der Waals surface area (Å²) in [5.41, 5.74) is 1.11. The van der Waals surface area contributed by atoms with E-state index in [4.69, 9.17) is 5.11 Å². The van der Waals surface area contributed by atoms with Crippen LogP contribution in [0.25, 0.3) is 0 Å². The Morgan fingerprint density at radius 3 is 2.47 bits per heavy atom. The van der Waals surface area contributed by atoms with Crippen LogP contribution in [0.5, 0.6) is 0 Å². The molecular weight excluding hydrogens is 264 g/mol. The predicted octanol–water partition coefficient (Wildman–Crippen LogP) is 1.94. The van der Waals surface area contributed by atoms with E-state index in [9.17, 15) is 9.59 Å². The molecular formula is C13H18N2O3S. The van der Waals surface area contributed by atoms with Gasteiger partial charge in [-0.05, 0) is 36.1 Å². The highest BCUT2D eigenvalue weighted by Gasteiger charge is 2.03. The van der Waals surface area contributed by atoms with E-state index < -0.39 is 5.97 Å². The van der Waals surface area contributed by atoms with E-state index in [0.717, 1.165) is 17.7 Å². The number of carbonyl (C=O) groups excluding carboxylic acids is 1. The maximum Gasteiger partial charge on any atom is 0.335 e. The summed E-state index contributed by atoms with van der Waals surface area (Å²) in [6.07, 6.45) is 2.97. The molecule has 6 heteroatoms. The number of urea groups is 1. The van der Waals surface area contributed by atoms with Gasteiger partial charge in [0.2, 0.25) is 0 Å². The molecule has 0 spiro atoms. The van der Waals surface area contributed by atoms with Gasteiger partial charge < -0.3 is 15.7 Å². The number of benzene rings is 1. The maximum absolute atomic E-state index is 11.4. The zero-order valence-corrected chi connectivity index (χ0v) is 11.6. The molecule has 5 nitrogen and oxygen atoms in total. The Labute approximate surface area is 116 Å². The molecule has 0 fully saturated rings. The lowest BCUT2D eigenvalue weighted by atomic mass is 10.1. The quantitative estimate of drug-likeness (QED) is 0.668. The molecule has 0 radical (unpaired) electrons. The molecule has 1 aromatic rings. The first kappa shape index (κ1) is 15.4. The number of hydrogen-bond acceptors (Lipinski definition) is 3. The van der Waals surface area contributed by atoms with Crippen LogP contribution in [-0.2, 0) is 6.54 Å². The first-order valence-corrected chi connectivity index (χ1v) is 7.35. The summed E-state index contributed by atoms with van der Waals surface area (Å²) in [7, 11) is 0. The molecule has 0 aliphatic heterocycles. The number of carboxylic acid groups (broad SMARTS) is 1. The summed E-state index contributed by atoms with van der Waals surface area (Å²) in [4.78, 5) is 22.1. The van der Waals surface area contributed by atoms with Gasteiger partial charge in [0.15, 0.2) is 0 Å². The molecule has 0 aliphatic carbocycles. The van der Waals surface area contributed by atoms with Crippen LogP contribution in [-0.4, -0.2) is 35.7 Å². The number of rotatable bonds is 7. The topological polar surface area (TPSA) is 78.4 Å². The Kier molecular flexibility index (Phi) is 6.81. The van der Waals surface area contributed by atoms with Crippen molar-refractivity contribution in [2.45, 2.75) is 13.0 Å². The van der Waals surface area contributed by atoms with Crippen LogP contribution in [0.3, 0.4) is 0 Å². The molecule has 19 heavy (non-hydrogen) atoms. The molecule has 0 atom stereocenters. The normalized spacial score (nSPS) is 9.95. The van der Waals surface area contributed by atoms with Crippen LogP contribution < -0.4 is 10.6 Å². The Hall–Kier alpha value is -1.69. The van der Waals surface area contributed by atoms with Crippen molar-refractivity contribution in [2.75, 3.05) is 18.6 Å². The summed E-state index contributed by atoms with van der Waals surface area (Å²) >= 11 is 1.75. The van der Waals surface area contributed by atoms with Crippen molar-refractivity contribution in [3.63, 3.8) is 0 Å². The molecule has 0 saturated carbocycles. The summed E-state index contributed by atoms with van der Waals surface area (Å²) in [6, 6.07) is 6.23. The van der Waals surface area contributed by atoms with E-state index in [1.165, 1.54) is 12.1 Å². The highest BCUT2D eigenvalue weighted by Crippen LogP contribution is 2.04. The van der Waals surface area contributed by atoms with Crippen LogP contribution in [0.1, 0.15) is 22.3 Å². The highest BCUT2D eigenvalue weighted by molar-refractivity contribution is 7.98.